The van der Waals surface area contributed by atoms with E-state index in [9.17, 15) is 4.79 Å². The normalized spacial score (nSPS) is 17.9. The van der Waals surface area contributed by atoms with E-state index in [1.54, 1.807) is 31.3 Å². The summed E-state index contributed by atoms with van der Waals surface area (Å²) in [4.78, 5) is 19.1. The Morgan fingerprint density at radius 3 is 2.89 bits per heavy atom. The third-order valence-corrected chi connectivity index (χ3v) is 5.09. The van der Waals surface area contributed by atoms with Gasteiger partial charge in [-0.05, 0) is 43.5 Å². The van der Waals surface area contributed by atoms with Crippen LogP contribution in [0, 0.1) is 0 Å². The maximum Gasteiger partial charge on any atom is 0.260 e. The number of piperidine rings is 1. The molecule has 4 rings (SSSR count). The highest BCUT2D eigenvalue weighted by Gasteiger charge is 2.24. The van der Waals surface area contributed by atoms with Crippen molar-refractivity contribution in [1.82, 2.24) is 15.2 Å². The summed E-state index contributed by atoms with van der Waals surface area (Å²) in [6.45, 7) is 4.79. The van der Waals surface area contributed by atoms with Gasteiger partial charge in [0.2, 0.25) is 6.79 Å². The highest BCUT2D eigenvalue weighted by atomic mass is 16.7. The monoisotopic (exact) mass is 383 g/mol. The van der Waals surface area contributed by atoms with E-state index in [1.807, 2.05) is 12.3 Å². The van der Waals surface area contributed by atoms with E-state index < -0.39 is 6.10 Å². The Hall–Kier alpha value is -2.80. The van der Waals surface area contributed by atoms with E-state index in [2.05, 4.69) is 21.3 Å². The first-order chi connectivity index (χ1) is 13.7. The first kappa shape index (κ1) is 18.6. The predicted molar refractivity (Wildman–Crippen MR) is 103 cm³/mol. The molecule has 7 heteroatoms. The molecule has 1 amide bonds. The molecule has 0 radical (unpaired) electrons. The lowest BCUT2D eigenvalue weighted by Gasteiger charge is -2.32. The van der Waals surface area contributed by atoms with Crippen LogP contribution in [0.4, 0.5) is 0 Å². The minimum atomic E-state index is -0.575. The molecule has 7 nitrogen and oxygen atoms in total. The van der Waals surface area contributed by atoms with Crippen LogP contribution in [0.15, 0.2) is 42.7 Å². The van der Waals surface area contributed by atoms with Gasteiger partial charge in [-0.2, -0.15) is 0 Å². The van der Waals surface area contributed by atoms with Crippen molar-refractivity contribution in [3.05, 3.63) is 48.3 Å². The number of hydrogen-bond acceptors (Lipinski definition) is 6. The number of aromatic nitrogens is 1. The van der Waals surface area contributed by atoms with Crippen LogP contribution in [0.1, 0.15) is 25.3 Å². The van der Waals surface area contributed by atoms with Crippen LogP contribution in [0.25, 0.3) is 0 Å². The first-order valence-corrected chi connectivity index (χ1v) is 9.65. The lowest BCUT2D eigenvalue weighted by atomic mass is 10.0. The standard InChI is InChI=1S/C21H25N3O4/c1-15(28-18-4-5-19-20(11-18)27-14-26-19)21(25)23-17-6-9-24(10-7-17)13-16-3-2-8-22-12-16/h2-5,8,11-12,15,17H,6-7,9-10,13-14H2,1H3,(H,23,25). The third-order valence-electron chi connectivity index (χ3n) is 5.09. The number of carbonyl (C=O) groups excluding carboxylic acids is 1. The molecule has 28 heavy (non-hydrogen) atoms. The van der Waals surface area contributed by atoms with E-state index >= 15 is 0 Å². The van der Waals surface area contributed by atoms with Gasteiger partial charge in [0, 0.05) is 44.1 Å². The van der Waals surface area contributed by atoms with Gasteiger partial charge < -0.3 is 19.5 Å². The molecular formula is C21H25N3O4. The van der Waals surface area contributed by atoms with Gasteiger partial charge in [0.15, 0.2) is 17.6 Å². The molecule has 1 N–H and O–H groups in total. The van der Waals surface area contributed by atoms with Crippen molar-refractivity contribution in [2.75, 3.05) is 19.9 Å². The summed E-state index contributed by atoms with van der Waals surface area (Å²) < 4.78 is 16.4. The van der Waals surface area contributed by atoms with Gasteiger partial charge in [0.1, 0.15) is 5.75 Å². The molecule has 1 fully saturated rings. The zero-order chi connectivity index (χ0) is 19.3. The Balaban J connectivity index is 1.23. The lowest BCUT2D eigenvalue weighted by Crippen LogP contribution is -2.47. The van der Waals surface area contributed by atoms with Crippen molar-refractivity contribution in [1.29, 1.82) is 0 Å². The second-order valence-corrected chi connectivity index (χ2v) is 7.20. The number of ether oxygens (including phenoxy) is 3. The third kappa shape index (κ3) is 4.54. The SMILES string of the molecule is CC(Oc1ccc2c(c1)OCO2)C(=O)NC1CCN(Cc2cccnc2)CC1. The van der Waals surface area contributed by atoms with Crippen LogP contribution in [-0.2, 0) is 11.3 Å². The Labute approximate surface area is 164 Å². The summed E-state index contributed by atoms with van der Waals surface area (Å²) >= 11 is 0. The van der Waals surface area contributed by atoms with Crippen LogP contribution < -0.4 is 19.5 Å². The number of likely N-dealkylation sites (tertiary alicyclic amines) is 1. The smallest absolute Gasteiger partial charge is 0.260 e. The number of amides is 1. The minimum Gasteiger partial charge on any atom is -0.481 e. The van der Waals surface area contributed by atoms with Crippen LogP contribution >= 0.6 is 0 Å². The van der Waals surface area contributed by atoms with E-state index in [-0.39, 0.29) is 18.7 Å². The second-order valence-electron chi connectivity index (χ2n) is 7.20. The average Bonchev–Trinajstić information content (AvgIpc) is 3.18. The van der Waals surface area contributed by atoms with Gasteiger partial charge in [-0.25, -0.2) is 0 Å². The molecule has 1 aromatic carbocycles. The fourth-order valence-corrected chi connectivity index (χ4v) is 3.51. The van der Waals surface area contributed by atoms with E-state index in [4.69, 9.17) is 14.2 Å². The van der Waals surface area contributed by atoms with Gasteiger partial charge in [-0.1, -0.05) is 6.07 Å². The number of fused-ring (bicyclic) bond motifs is 1. The van der Waals surface area contributed by atoms with Crippen molar-refractivity contribution < 1.29 is 19.0 Å². The molecule has 1 atom stereocenters. The van der Waals surface area contributed by atoms with Gasteiger partial charge in [-0.15, -0.1) is 0 Å². The van der Waals surface area contributed by atoms with E-state index in [1.165, 1.54) is 5.56 Å². The van der Waals surface area contributed by atoms with Crippen LogP contribution in [0.3, 0.4) is 0 Å². The molecule has 2 aliphatic heterocycles. The van der Waals surface area contributed by atoms with Crippen LogP contribution in [0.2, 0.25) is 0 Å². The number of hydrogen-bond donors (Lipinski definition) is 1. The van der Waals surface area contributed by atoms with Gasteiger partial charge in [-0.3, -0.25) is 14.7 Å². The number of rotatable bonds is 6. The minimum absolute atomic E-state index is 0.0941. The number of benzene rings is 1. The molecule has 1 unspecified atom stereocenters. The second kappa shape index (κ2) is 8.48. The molecule has 0 spiro atoms. The fourth-order valence-electron chi connectivity index (χ4n) is 3.51. The maximum absolute atomic E-state index is 12.5. The number of nitrogens with one attached hydrogen (secondary N) is 1. The predicted octanol–water partition coefficient (Wildman–Crippen LogP) is 2.36. The first-order valence-electron chi connectivity index (χ1n) is 9.65. The lowest BCUT2D eigenvalue weighted by molar-refractivity contribution is -0.128. The van der Waals surface area contributed by atoms with Crippen LogP contribution in [0.5, 0.6) is 17.2 Å². The Kier molecular flexibility index (Phi) is 5.62. The van der Waals surface area contributed by atoms with Crippen LogP contribution in [-0.4, -0.2) is 47.8 Å². The summed E-state index contributed by atoms with van der Waals surface area (Å²) in [6.07, 6.45) is 4.99. The Morgan fingerprint density at radius 1 is 1.29 bits per heavy atom. The van der Waals surface area contributed by atoms with Gasteiger partial charge in [0.05, 0.1) is 0 Å². The van der Waals surface area contributed by atoms with E-state index in [0.29, 0.717) is 17.2 Å². The van der Waals surface area contributed by atoms with Gasteiger partial charge >= 0.3 is 0 Å². The molecule has 0 saturated carbocycles. The van der Waals surface area contributed by atoms with Crippen molar-refractivity contribution in [3.8, 4) is 17.2 Å². The number of nitrogens with zero attached hydrogens (tertiary/aromatic N) is 2. The van der Waals surface area contributed by atoms with Crippen molar-refractivity contribution in [3.63, 3.8) is 0 Å². The summed E-state index contributed by atoms with van der Waals surface area (Å²) in [5, 5.41) is 3.12. The topological polar surface area (TPSA) is 72.9 Å². The highest BCUT2D eigenvalue weighted by molar-refractivity contribution is 5.81. The average molecular weight is 383 g/mol. The molecule has 148 valence electrons. The molecular weight excluding hydrogens is 358 g/mol. The number of pyridine rings is 1. The van der Waals surface area contributed by atoms with Gasteiger partial charge in [0.25, 0.3) is 5.91 Å². The molecule has 1 saturated heterocycles. The molecule has 0 aliphatic carbocycles. The Bertz CT molecular complexity index is 807. The molecule has 2 aliphatic rings. The molecule has 0 bridgehead atoms. The molecule has 2 aromatic rings. The zero-order valence-corrected chi connectivity index (χ0v) is 16.0. The molecule has 1 aromatic heterocycles. The maximum atomic E-state index is 12.5. The summed E-state index contributed by atoms with van der Waals surface area (Å²) in [5.74, 6) is 1.84. The summed E-state index contributed by atoms with van der Waals surface area (Å²) in [7, 11) is 0. The summed E-state index contributed by atoms with van der Waals surface area (Å²) in [6, 6.07) is 9.57. The quantitative estimate of drug-likeness (QED) is 0.826. The van der Waals surface area contributed by atoms with Crippen molar-refractivity contribution >= 4 is 5.91 Å². The highest BCUT2D eigenvalue weighted by Crippen LogP contribution is 2.35. The summed E-state index contributed by atoms with van der Waals surface area (Å²) in [5.41, 5.74) is 1.22. The Morgan fingerprint density at radius 2 is 2.11 bits per heavy atom. The fraction of sp³-hybridized carbons (Fsp3) is 0.429. The van der Waals surface area contributed by atoms with E-state index in [0.717, 1.165) is 32.5 Å². The van der Waals surface area contributed by atoms with Crippen molar-refractivity contribution in [2.24, 2.45) is 0 Å². The number of carbonyl (C=O) groups is 1. The molecule has 3 heterocycles. The van der Waals surface area contributed by atoms with Crippen molar-refractivity contribution in [2.45, 2.75) is 38.5 Å². The zero-order valence-electron chi connectivity index (χ0n) is 16.0. The largest absolute Gasteiger partial charge is 0.481 e.